The number of alkyl halides is 3. The molecule has 0 aliphatic carbocycles. The number of nitrogens with zero attached hydrogens (tertiary/aromatic N) is 1. The highest BCUT2D eigenvalue weighted by atomic mass is 19.4. The topological polar surface area (TPSA) is 65.2 Å². The predicted octanol–water partition coefficient (Wildman–Crippen LogP) is 1.14. The van der Waals surface area contributed by atoms with Gasteiger partial charge in [-0.15, -0.1) is 0 Å². The molecule has 0 fully saturated rings. The van der Waals surface area contributed by atoms with E-state index in [0.29, 0.717) is 11.9 Å². The van der Waals surface area contributed by atoms with E-state index in [4.69, 9.17) is 5.73 Å². The van der Waals surface area contributed by atoms with Gasteiger partial charge in [0.05, 0.1) is 12.7 Å². The van der Waals surface area contributed by atoms with Crippen LogP contribution in [0.2, 0.25) is 0 Å². The van der Waals surface area contributed by atoms with Crippen LogP contribution >= 0.6 is 0 Å². The Morgan fingerprint density at radius 3 is 2.59 bits per heavy atom. The quantitative estimate of drug-likeness (QED) is 0.815. The molecule has 0 unspecified atom stereocenters. The van der Waals surface area contributed by atoms with Crippen LogP contribution in [0, 0.1) is 0 Å². The molecule has 0 radical (unpaired) electrons. The molecule has 7 heteroatoms. The van der Waals surface area contributed by atoms with Gasteiger partial charge in [0.15, 0.2) is 0 Å². The minimum atomic E-state index is -4.42. The van der Waals surface area contributed by atoms with Gasteiger partial charge in [-0.1, -0.05) is 0 Å². The summed E-state index contributed by atoms with van der Waals surface area (Å²) in [4.78, 5) is 14.6. The smallest absolute Gasteiger partial charge is 0.417 e. The highest BCUT2D eigenvalue weighted by Crippen LogP contribution is 2.28. The summed E-state index contributed by atoms with van der Waals surface area (Å²) in [7, 11) is 1.18. The van der Waals surface area contributed by atoms with Crippen LogP contribution in [0.1, 0.15) is 11.3 Å². The fourth-order valence-corrected chi connectivity index (χ4v) is 1.17. The number of methoxy groups -OCH3 is 1. The number of pyridine rings is 1. The van der Waals surface area contributed by atoms with Crippen molar-refractivity contribution in [3.63, 3.8) is 0 Å². The number of aromatic nitrogens is 1. The summed E-state index contributed by atoms with van der Waals surface area (Å²) in [5.41, 5.74) is 4.91. The zero-order chi connectivity index (χ0) is 13.1. The van der Waals surface area contributed by atoms with Crippen LogP contribution in [0.15, 0.2) is 18.3 Å². The third kappa shape index (κ3) is 3.70. The fraction of sp³-hybridized carbons (Fsp3) is 0.400. The molecule has 1 heterocycles. The summed E-state index contributed by atoms with van der Waals surface area (Å²) >= 11 is 0. The Morgan fingerprint density at radius 1 is 1.53 bits per heavy atom. The molecule has 0 saturated carbocycles. The second-order valence-corrected chi connectivity index (χ2v) is 3.37. The van der Waals surface area contributed by atoms with Crippen LogP contribution in [0.25, 0.3) is 0 Å². The molecule has 1 rings (SSSR count). The fourth-order valence-electron chi connectivity index (χ4n) is 1.17. The molecule has 94 valence electrons. The van der Waals surface area contributed by atoms with Gasteiger partial charge in [0.2, 0.25) is 0 Å². The van der Waals surface area contributed by atoms with Crippen molar-refractivity contribution in [2.75, 3.05) is 7.11 Å². The van der Waals surface area contributed by atoms with Crippen LogP contribution in [0.5, 0.6) is 0 Å². The Hall–Kier alpha value is -1.63. The zero-order valence-corrected chi connectivity index (χ0v) is 8.99. The van der Waals surface area contributed by atoms with Gasteiger partial charge < -0.3 is 10.5 Å². The average molecular weight is 248 g/mol. The summed E-state index contributed by atoms with van der Waals surface area (Å²) in [6, 6.07) is 1.15. The van der Waals surface area contributed by atoms with Gasteiger partial charge in [-0.3, -0.25) is 9.78 Å². The van der Waals surface area contributed by atoms with E-state index in [1.807, 2.05) is 0 Å². The number of rotatable bonds is 3. The maximum atomic E-state index is 12.2. The highest BCUT2D eigenvalue weighted by molar-refractivity contribution is 5.75. The van der Waals surface area contributed by atoms with Crippen LogP contribution in [-0.2, 0) is 22.1 Å². The Labute approximate surface area is 95.6 Å². The number of halogens is 3. The third-order valence-corrected chi connectivity index (χ3v) is 2.09. The van der Waals surface area contributed by atoms with Crippen molar-refractivity contribution in [3.8, 4) is 0 Å². The van der Waals surface area contributed by atoms with Gasteiger partial charge in [-0.25, -0.2) is 0 Å². The van der Waals surface area contributed by atoms with Gasteiger partial charge in [-0.05, 0) is 12.1 Å². The SMILES string of the molecule is COC(=O)[C@@H](N)Cc1ccc(C(F)(F)F)cn1. The molecule has 0 amide bonds. The number of nitrogens with two attached hydrogens (primary N) is 1. The van der Waals surface area contributed by atoms with Crippen LogP contribution in [-0.4, -0.2) is 24.1 Å². The molecule has 4 nitrogen and oxygen atoms in total. The van der Waals surface area contributed by atoms with E-state index < -0.39 is 23.8 Å². The lowest BCUT2D eigenvalue weighted by Gasteiger charge is -2.10. The highest BCUT2D eigenvalue weighted by Gasteiger charge is 2.30. The first-order valence-corrected chi connectivity index (χ1v) is 4.70. The molecule has 1 aromatic rings. The monoisotopic (exact) mass is 248 g/mol. The van der Waals surface area contributed by atoms with Crippen molar-refractivity contribution in [3.05, 3.63) is 29.6 Å². The van der Waals surface area contributed by atoms with E-state index in [0.717, 1.165) is 6.07 Å². The minimum Gasteiger partial charge on any atom is -0.468 e. The Bertz CT molecular complexity index is 390. The molecule has 1 aromatic heterocycles. The summed E-state index contributed by atoms with van der Waals surface area (Å²) in [5, 5.41) is 0. The summed E-state index contributed by atoms with van der Waals surface area (Å²) < 4.78 is 41.1. The van der Waals surface area contributed by atoms with E-state index in [2.05, 4.69) is 9.72 Å². The molecular formula is C10H11F3N2O2. The van der Waals surface area contributed by atoms with E-state index in [9.17, 15) is 18.0 Å². The summed E-state index contributed by atoms with van der Waals surface area (Å²) in [6.45, 7) is 0. The molecule has 1 atom stereocenters. The average Bonchev–Trinajstić information content (AvgIpc) is 2.27. The summed E-state index contributed by atoms with van der Waals surface area (Å²) in [6.07, 6.45) is -3.68. The van der Waals surface area contributed by atoms with Gasteiger partial charge in [0.25, 0.3) is 0 Å². The first-order chi connectivity index (χ1) is 7.84. The second kappa shape index (κ2) is 5.13. The van der Waals surface area contributed by atoms with Crippen molar-refractivity contribution in [2.24, 2.45) is 5.73 Å². The maximum absolute atomic E-state index is 12.2. The number of hydrogen-bond donors (Lipinski definition) is 1. The number of carbonyl (C=O) groups excluding carboxylic acids is 1. The van der Waals surface area contributed by atoms with Gasteiger partial charge in [-0.2, -0.15) is 13.2 Å². The lowest BCUT2D eigenvalue weighted by atomic mass is 10.1. The molecular weight excluding hydrogens is 237 g/mol. The molecule has 17 heavy (non-hydrogen) atoms. The van der Waals surface area contributed by atoms with E-state index >= 15 is 0 Å². The van der Waals surface area contributed by atoms with Crippen molar-refractivity contribution in [1.82, 2.24) is 4.98 Å². The Morgan fingerprint density at radius 2 is 2.18 bits per heavy atom. The van der Waals surface area contributed by atoms with Crippen molar-refractivity contribution >= 4 is 5.97 Å². The third-order valence-electron chi connectivity index (χ3n) is 2.09. The standard InChI is InChI=1S/C10H11F3N2O2/c1-17-9(16)8(14)4-7-3-2-6(5-15-7)10(11,12)13/h2-3,5,8H,4,14H2,1H3/t8-/m0/s1. The van der Waals surface area contributed by atoms with Gasteiger partial charge >= 0.3 is 12.1 Å². The Balaban J connectivity index is 2.72. The Kier molecular flexibility index (Phi) is 4.06. The zero-order valence-electron chi connectivity index (χ0n) is 8.99. The largest absolute Gasteiger partial charge is 0.468 e. The van der Waals surface area contributed by atoms with Crippen LogP contribution < -0.4 is 5.73 Å². The molecule has 2 N–H and O–H groups in total. The van der Waals surface area contributed by atoms with Crippen molar-refractivity contribution in [1.29, 1.82) is 0 Å². The molecule has 0 aromatic carbocycles. The van der Waals surface area contributed by atoms with Gasteiger partial charge in [0, 0.05) is 18.3 Å². The molecule has 0 saturated heterocycles. The molecule has 0 aliphatic rings. The number of hydrogen-bond acceptors (Lipinski definition) is 4. The van der Waals surface area contributed by atoms with Crippen LogP contribution in [0.4, 0.5) is 13.2 Å². The number of ether oxygens (including phenoxy) is 1. The van der Waals surface area contributed by atoms with Crippen LogP contribution in [0.3, 0.4) is 0 Å². The second-order valence-electron chi connectivity index (χ2n) is 3.37. The normalized spacial score (nSPS) is 13.2. The summed E-state index contributed by atoms with van der Waals surface area (Å²) in [5.74, 6) is -0.633. The minimum absolute atomic E-state index is 0.0326. The molecule has 0 aliphatic heterocycles. The molecule has 0 bridgehead atoms. The first-order valence-electron chi connectivity index (χ1n) is 4.70. The lowest BCUT2D eigenvalue weighted by molar-refractivity contribution is -0.142. The van der Waals surface area contributed by atoms with Gasteiger partial charge in [0.1, 0.15) is 6.04 Å². The molecule has 0 spiro atoms. The van der Waals surface area contributed by atoms with E-state index in [-0.39, 0.29) is 6.42 Å². The maximum Gasteiger partial charge on any atom is 0.417 e. The first kappa shape index (κ1) is 13.4. The van der Waals surface area contributed by atoms with E-state index in [1.54, 1.807) is 0 Å². The van der Waals surface area contributed by atoms with Crippen molar-refractivity contribution in [2.45, 2.75) is 18.6 Å². The number of esters is 1. The van der Waals surface area contributed by atoms with E-state index in [1.165, 1.54) is 13.2 Å². The van der Waals surface area contributed by atoms with Crippen molar-refractivity contribution < 1.29 is 22.7 Å². The predicted molar refractivity (Wildman–Crippen MR) is 52.9 cm³/mol. The lowest BCUT2D eigenvalue weighted by Crippen LogP contribution is -2.33. The number of carbonyl (C=O) groups is 1.